The van der Waals surface area contributed by atoms with E-state index in [1.807, 2.05) is 30.5 Å². The van der Waals surface area contributed by atoms with Gasteiger partial charge in [0, 0.05) is 11.8 Å². The van der Waals surface area contributed by atoms with Crippen molar-refractivity contribution in [2.75, 3.05) is 0 Å². The molecule has 0 aliphatic rings. The molecule has 0 radical (unpaired) electrons. The van der Waals surface area contributed by atoms with Crippen LogP contribution in [-0.4, -0.2) is 14.8 Å². The molecule has 76 valence electrons. The predicted octanol–water partition coefficient (Wildman–Crippen LogP) is 2.11. The molecule has 3 nitrogen and oxygen atoms in total. The van der Waals surface area contributed by atoms with E-state index < -0.39 is 0 Å². The third-order valence-corrected chi connectivity index (χ3v) is 2.74. The Balaban J connectivity index is 2.57. The number of hydrogen-bond donors (Lipinski definition) is 1. The van der Waals surface area contributed by atoms with E-state index in [1.165, 1.54) is 0 Å². The van der Waals surface area contributed by atoms with Gasteiger partial charge in [0.1, 0.15) is 4.99 Å². The highest BCUT2D eigenvalue weighted by atomic mass is 127. The maximum atomic E-state index is 5.65. The zero-order valence-corrected chi connectivity index (χ0v) is 10.7. The number of nitrogens with two attached hydrogens (primary N) is 1. The molecule has 0 aliphatic carbocycles. The van der Waals surface area contributed by atoms with Gasteiger partial charge in [-0.3, -0.25) is 0 Å². The van der Waals surface area contributed by atoms with Gasteiger partial charge in [0.25, 0.3) is 0 Å². The number of rotatable bonds is 2. The SMILES string of the molecule is NC(=S)c1ccccc1-n1cc(I)cn1. The molecule has 0 fully saturated rings. The molecule has 0 spiro atoms. The lowest BCUT2D eigenvalue weighted by atomic mass is 10.2. The molecule has 1 aromatic heterocycles. The van der Waals surface area contributed by atoms with Gasteiger partial charge in [-0.2, -0.15) is 5.10 Å². The Labute approximate surface area is 106 Å². The lowest BCUT2D eigenvalue weighted by Gasteiger charge is -2.07. The van der Waals surface area contributed by atoms with E-state index in [0.717, 1.165) is 14.8 Å². The van der Waals surface area contributed by atoms with Crippen LogP contribution in [-0.2, 0) is 0 Å². The van der Waals surface area contributed by atoms with Gasteiger partial charge in [-0.25, -0.2) is 4.68 Å². The number of halogens is 1. The fourth-order valence-electron chi connectivity index (χ4n) is 1.31. The Bertz CT molecular complexity index is 507. The smallest absolute Gasteiger partial charge is 0.106 e. The molecule has 2 N–H and O–H groups in total. The number of benzene rings is 1. The van der Waals surface area contributed by atoms with Gasteiger partial charge in [-0.1, -0.05) is 24.4 Å². The number of nitrogens with zero attached hydrogens (tertiary/aromatic N) is 2. The predicted molar refractivity (Wildman–Crippen MR) is 72.2 cm³/mol. The highest BCUT2D eigenvalue weighted by Gasteiger charge is 2.06. The van der Waals surface area contributed by atoms with Crippen molar-refractivity contribution in [1.29, 1.82) is 0 Å². The Morgan fingerprint density at radius 3 is 2.73 bits per heavy atom. The Kier molecular flexibility index (Phi) is 3.01. The summed E-state index contributed by atoms with van der Waals surface area (Å²) in [4.78, 5) is 0.385. The monoisotopic (exact) mass is 329 g/mol. The molecule has 5 heteroatoms. The molecule has 0 amide bonds. The molecular weight excluding hydrogens is 321 g/mol. The Morgan fingerprint density at radius 1 is 1.40 bits per heavy atom. The number of hydrogen-bond acceptors (Lipinski definition) is 2. The van der Waals surface area contributed by atoms with Crippen molar-refractivity contribution in [3.8, 4) is 5.69 Å². The van der Waals surface area contributed by atoms with Crippen molar-refractivity contribution < 1.29 is 0 Å². The van der Waals surface area contributed by atoms with Crippen molar-refractivity contribution in [3.63, 3.8) is 0 Å². The van der Waals surface area contributed by atoms with Crippen LogP contribution < -0.4 is 5.73 Å². The minimum atomic E-state index is 0.385. The zero-order valence-electron chi connectivity index (χ0n) is 7.72. The first kappa shape index (κ1) is 10.6. The first-order chi connectivity index (χ1) is 7.18. The van der Waals surface area contributed by atoms with E-state index in [-0.39, 0.29) is 0 Å². The Morgan fingerprint density at radius 2 is 2.13 bits per heavy atom. The molecule has 0 aliphatic heterocycles. The van der Waals surface area contributed by atoms with Crippen LogP contribution >= 0.6 is 34.8 Å². The second-order valence-corrected chi connectivity index (χ2v) is 4.67. The molecule has 0 bridgehead atoms. The number of aromatic nitrogens is 2. The summed E-state index contributed by atoms with van der Waals surface area (Å²) in [6.45, 7) is 0. The van der Waals surface area contributed by atoms with Gasteiger partial charge in [0.15, 0.2) is 0 Å². The minimum absolute atomic E-state index is 0.385. The maximum Gasteiger partial charge on any atom is 0.106 e. The van der Waals surface area contributed by atoms with E-state index in [4.69, 9.17) is 18.0 Å². The summed E-state index contributed by atoms with van der Waals surface area (Å²) in [5.41, 5.74) is 7.40. The van der Waals surface area contributed by atoms with Crippen LogP contribution in [0.15, 0.2) is 36.7 Å². The van der Waals surface area contributed by atoms with Crippen LogP contribution in [0.2, 0.25) is 0 Å². The average Bonchev–Trinajstić information content (AvgIpc) is 2.65. The molecule has 0 saturated carbocycles. The van der Waals surface area contributed by atoms with Gasteiger partial charge in [0.05, 0.1) is 15.5 Å². The van der Waals surface area contributed by atoms with Crippen molar-refractivity contribution in [2.45, 2.75) is 0 Å². The van der Waals surface area contributed by atoms with Gasteiger partial charge in [0.2, 0.25) is 0 Å². The second kappa shape index (κ2) is 4.28. The van der Waals surface area contributed by atoms with Gasteiger partial charge in [-0.15, -0.1) is 0 Å². The summed E-state index contributed by atoms with van der Waals surface area (Å²) < 4.78 is 2.85. The highest BCUT2D eigenvalue weighted by molar-refractivity contribution is 14.1. The summed E-state index contributed by atoms with van der Waals surface area (Å²) in [6.07, 6.45) is 3.72. The summed E-state index contributed by atoms with van der Waals surface area (Å²) in [5.74, 6) is 0. The average molecular weight is 329 g/mol. The summed E-state index contributed by atoms with van der Waals surface area (Å²) in [6, 6.07) is 7.68. The molecule has 15 heavy (non-hydrogen) atoms. The van der Waals surface area contributed by atoms with Crippen LogP contribution in [0.4, 0.5) is 0 Å². The standard InChI is InChI=1S/C10H8IN3S/c11-7-5-13-14(6-7)9-4-2-1-3-8(9)10(12)15/h1-6H,(H2,12,15). The first-order valence-electron chi connectivity index (χ1n) is 4.28. The van der Waals surface area contributed by atoms with Gasteiger partial charge in [-0.05, 0) is 34.7 Å². The summed E-state index contributed by atoms with van der Waals surface area (Å²) in [7, 11) is 0. The zero-order chi connectivity index (χ0) is 10.8. The third kappa shape index (κ3) is 2.18. The lowest BCUT2D eigenvalue weighted by molar-refractivity contribution is 0.878. The van der Waals surface area contributed by atoms with Crippen LogP contribution in [0.1, 0.15) is 5.56 Å². The molecule has 0 saturated heterocycles. The van der Waals surface area contributed by atoms with Crippen LogP contribution in [0, 0.1) is 3.57 Å². The van der Waals surface area contributed by atoms with Crippen molar-refractivity contribution >= 4 is 39.8 Å². The summed E-state index contributed by atoms with van der Waals surface area (Å²) >= 11 is 7.20. The van der Waals surface area contributed by atoms with Crippen molar-refractivity contribution in [2.24, 2.45) is 5.73 Å². The van der Waals surface area contributed by atoms with Crippen LogP contribution in [0.5, 0.6) is 0 Å². The first-order valence-corrected chi connectivity index (χ1v) is 5.76. The van der Waals surface area contributed by atoms with E-state index in [0.29, 0.717) is 4.99 Å². The van der Waals surface area contributed by atoms with Crippen LogP contribution in [0.3, 0.4) is 0 Å². The topological polar surface area (TPSA) is 43.8 Å². The van der Waals surface area contributed by atoms with Crippen molar-refractivity contribution in [1.82, 2.24) is 9.78 Å². The molecule has 0 unspecified atom stereocenters. The lowest BCUT2D eigenvalue weighted by Crippen LogP contribution is -2.13. The quantitative estimate of drug-likeness (QED) is 0.678. The molecular formula is C10H8IN3S. The summed E-state index contributed by atoms with van der Waals surface area (Å²) in [5, 5.41) is 4.22. The number of para-hydroxylation sites is 1. The van der Waals surface area contributed by atoms with E-state index in [9.17, 15) is 0 Å². The number of thiocarbonyl (C=S) groups is 1. The van der Waals surface area contributed by atoms with Gasteiger partial charge >= 0.3 is 0 Å². The molecule has 0 atom stereocenters. The highest BCUT2D eigenvalue weighted by Crippen LogP contribution is 2.14. The Hall–Kier alpha value is -0.950. The largest absolute Gasteiger partial charge is 0.389 e. The molecule has 2 aromatic rings. The fraction of sp³-hybridized carbons (Fsp3) is 0. The van der Waals surface area contributed by atoms with Crippen molar-refractivity contribution in [3.05, 3.63) is 45.8 Å². The maximum absolute atomic E-state index is 5.65. The van der Waals surface area contributed by atoms with E-state index in [2.05, 4.69) is 27.7 Å². The third-order valence-electron chi connectivity index (χ3n) is 1.97. The second-order valence-electron chi connectivity index (χ2n) is 2.98. The fourth-order valence-corrected chi connectivity index (χ4v) is 1.88. The normalized spacial score (nSPS) is 10.2. The van der Waals surface area contributed by atoms with E-state index in [1.54, 1.807) is 10.9 Å². The molecule has 2 rings (SSSR count). The van der Waals surface area contributed by atoms with Crippen LogP contribution in [0.25, 0.3) is 5.69 Å². The molecule has 1 aromatic carbocycles. The van der Waals surface area contributed by atoms with Gasteiger partial charge < -0.3 is 5.73 Å². The van der Waals surface area contributed by atoms with E-state index >= 15 is 0 Å². The minimum Gasteiger partial charge on any atom is -0.389 e. The molecule has 1 heterocycles.